The van der Waals surface area contributed by atoms with E-state index in [0.717, 1.165) is 11.1 Å². The van der Waals surface area contributed by atoms with E-state index in [2.05, 4.69) is 10.1 Å². The minimum absolute atomic E-state index is 0.0441. The molecule has 3 aromatic rings. The minimum atomic E-state index is -3.88. The number of halogens is 2. The Hall–Kier alpha value is -3.26. The van der Waals surface area contributed by atoms with Crippen LogP contribution in [0.1, 0.15) is 29.0 Å². The maximum absolute atomic E-state index is 12.6. The van der Waals surface area contributed by atoms with Gasteiger partial charge in [0.25, 0.3) is 0 Å². The van der Waals surface area contributed by atoms with Gasteiger partial charge in [-0.1, -0.05) is 78.9 Å². The lowest BCUT2D eigenvalue weighted by Gasteiger charge is -2.18. The van der Waals surface area contributed by atoms with Crippen LogP contribution >= 0.6 is 0 Å². The van der Waals surface area contributed by atoms with Crippen LogP contribution in [0.4, 0.5) is 8.78 Å². The Morgan fingerprint density at radius 2 is 1.39 bits per heavy atom. The van der Waals surface area contributed by atoms with E-state index in [1.165, 1.54) is 24.3 Å². The number of amides is 1. The molecule has 0 aromatic heterocycles. The molecule has 0 unspecified atom stereocenters. The van der Waals surface area contributed by atoms with Gasteiger partial charge < -0.3 is 10.1 Å². The number of benzene rings is 3. The number of hydrogen-bond donors (Lipinski definition) is 1. The van der Waals surface area contributed by atoms with Crippen LogP contribution in [0.3, 0.4) is 0 Å². The summed E-state index contributed by atoms with van der Waals surface area (Å²) in [4.78, 5) is 12.3. The molecule has 0 fully saturated rings. The van der Waals surface area contributed by atoms with Crippen molar-refractivity contribution in [2.45, 2.75) is 24.7 Å². The van der Waals surface area contributed by atoms with Crippen molar-refractivity contribution in [1.29, 1.82) is 0 Å². The Balaban J connectivity index is 1.59. The minimum Gasteiger partial charge on any atom is -0.435 e. The summed E-state index contributed by atoms with van der Waals surface area (Å²) in [7, 11) is -3.88. The molecule has 0 aliphatic heterocycles. The number of carbonyl (C=O) groups is 1. The molecule has 0 aliphatic rings. The van der Waals surface area contributed by atoms with E-state index in [4.69, 9.17) is 0 Å². The van der Waals surface area contributed by atoms with Crippen molar-refractivity contribution in [3.63, 3.8) is 0 Å². The second kappa shape index (κ2) is 11.6. The molecule has 8 heteroatoms. The van der Waals surface area contributed by atoms with Crippen LogP contribution in [0.5, 0.6) is 5.75 Å². The van der Waals surface area contributed by atoms with Crippen molar-refractivity contribution >= 4 is 15.7 Å². The summed E-state index contributed by atoms with van der Waals surface area (Å²) in [5.74, 6) is -2.12. The van der Waals surface area contributed by atoms with E-state index in [-0.39, 0.29) is 23.8 Å². The zero-order valence-electron chi connectivity index (χ0n) is 17.9. The first kappa shape index (κ1) is 24.4. The molecule has 0 bridgehead atoms. The second-order valence-electron chi connectivity index (χ2n) is 7.53. The van der Waals surface area contributed by atoms with Crippen LogP contribution in [-0.2, 0) is 20.4 Å². The summed E-state index contributed by atoms with van der Waals surface area (Å²) >= 11 is 0. The van der Waals surface area contributed by atoms with Crippen molar-refractivity contribution in [2.75, 3.05) is 12.3 Å². The molecular formula is C25H25F2NO4S. The lowest BCUT2D eigenvalue weighted by molar-refractivity contribution is -0.118. The number of rotatable bonds is 11. The summed E-state index contributed by atoms with van der Waals surface area (Å²) < 4.78 is 54.5. The van der Waals surface area contributed by atoms with Gasteiger partial charge in [0.15, 0.2) is 9.84 Å². The third kappa shape index (κ3) is 7.68. The molecule has 33 heavy (non-hydrogen) atoms. The SMILES string of the molecule is O=C(CS(=O)(=O)Cc1ccccc1OC(F)F)NCCC(c1ccccc1)c1ccccc1. The smallest absolute Gasteiger partial charge is 0.387 e. The van der Waals surface area contributed by atoms with Gasteiger partial charge in [-0.15, -0.1) is 0 Å². The number of alkyl halides is 2. The first-order valence-electron chi connectivity index (χ1n) is 10.4. The molecule has 0 saturated carbocycles. The Bertz CT molecular complexity index is 1100. The standard InChI is InChI=1S/C25H25F2NO4S/c26-25(27)32-23-14-8-7-13-21(23)17-33(30,31)18-24(29)28-16-15-22(19-9-3-1-4-10-19)20-11-5-2-6-12-20/h1-14,22,25H,15-18H2,(H,28,29). The predicted octanol–water partition coefficient (Wildman–Crippen LogP) is 4.54. The fraction of sp³-hybridized carbons (Fsp3) is 0.240. The number of para-hydroxylation sites is 1. The molecule has 3 rings (SSSR count). The molecule has 174 valence electrons. The Morgan fingerprint density at radius 3 is 1.97 bits per heavy atom. The molecule has 3 aromatic carbocycles. The Kier molecular flexibility index (Phi) is 8.54. The average Bonchev–Trinajstić information content (AvgIpc) is 2.78. The lowest BCUT2D eigenvalue weighted by Crippen LogP contribution is -2.32. The average molecular weight is 474 g/mol. The molecule has 0 saturated heterocycles. The van der Waals surface area contributed by atoms with E-state index in [1.807, 2.05) is 60.7 Å². The number of hydrogen-bond acceptors (Lipinski definition) is 4. The third-order valence-electron chi connectivity index (χ3n) is 5.07. The van der Waals surface area contributed by atoms with E-state index in [9.17, 15) is 22.0 Å². The molecule has 1 N–H and O–H groups in total. The summed E-state index contributed by atoms with van der Waals surface area (Å²) in [5.41, 5.74) is 2.28. The number of carbonyl (C=O) groups excluding carboxylic acids is 1. The second-order valence-corrected chi connectivity index (χ2v) is 9.60. The maximum atomic E-state index is 12.6. The lowest BCUT2D eigenvalue weighted by atomic mass is 9.88. The quantitative estimate of drug-likeness (QED) is 0.444. The fourth-order valence-electron chi connectivity index (χ4n) is 3.63. The van der Waals surface area contributed by atoms with Crippen LogP contribution in [0, 0.1) is 0 Å². The van der Waals surface area contributed by atoms with Crippen molar-refractivity contribution in [2.24, 2.45) is 0 Å². The van der Waals surface area contributed by atoms with Crippen LogP contribution in [0.25, 0.3) is 0 Å². The molecule has 1 amide bonds. The first-order valence-corrected chi connectivity index (χ1v) is 12.3. The van der Waals surface area contributed by atoms with Crippen molar-refractivity contribution in [3.8, 4) is 5.75 Å². The molecule has 0 heterocycles. The van der Waals surface area contributed by atoms with Gasteiger partial charge in [-0.3, -0.25) is 4.79 Å². The number of nitrogens with one attached hydrogen (secondary N) is 1. The summed E-state index contributed by atoms with van der Waals surface area (Å²) in [5, 5.41) is 2.67. The highest BCUT2D eigenvalue weighted by Crippen LogP contribution is 2.27. The van der Waals surface area contributed by atoms with E-state index >= 15 is 0 Å². The van der Waals surface area contributed by atoms with Crippen LogP contribution in [-0.4, -0.2) is 33.2 Å². The normalized spacial score (nSPS) is 11.5. The summed E-state index contributed by atoms with van der Waals surface area (Å²) in [6.45, 7) is -2.78. The van der Waals surface area contributed by atoms with Crippen molar-refractivity contribution < 1.29 is 26.7 Å². The molecule has 0 radical (unpaired) electrons. The Morgan fingerprint density at radius 1 is 0.848 bits per heavy atom. The van der Waals surface area contributed by atoms with Crippen molar-refractivity contribution in [1.82, 2.24) is 5.32 Å². The first-order chi connectivity index (χ1) is 15.8. The van der Waals surface area contributed by atoms with Gasteiger partial charge in [0.2, 0.25) is 5.91 Å². The maximum Gasteiger partial charge on any atom is 0.387 e. The fourth-order valence-corrected chi connectivity index (χ4v) is 4.94. The Labute approximate surface area is 192 Å². The molecule has 5 nitrogen and oxygen atoms in total. The van der Waals surface area contributed by atoms with E-state index in [1.54, 1.807) is 0 Å². The largest absolute Gasteiger partial charge is 0.435 e. The van der Waals surface area contributed by atoms with Gasteiger partial charge in [0.05, 0.1) is 5.75 Å². The highest BCUT2D eigenvalue weighted by molar-refractivity contribution is 7.91. The number of ether oxygens (including phenoxy) is 1. The molecule has 0 atom stereocenters. The summed E-state index contributed by atoms with van der Waals surface area (Å²) in [6, 6.07) is 25.4. The van der Waals surface area contributed by atoms with Gasteiger partial charge in [-0.25, -0.2) is 8.42 Å². The highest BCUT2D eigenvalue weighted by Gasteiger charge is 2.21. The zero-order valence-corrected chi connectivity index (χ0v) is 18.7. The van der Waals surface area contributed by atoms with Crippen molar-refractivity contribution in [3.05, 3.63) is 102 Å². The monoisotopic (exact) mass is 473 g/mol. The van der Waals surface area contributed by atoms with Crippen LogP contribution in [0.15, 0.2) is 84.9 Å². The molecule has 0 aliphatic carbocycles. The highest BCUT2D eigenvalue weighted by atomic mass is 32.2. The summed E-state index contributed by atoms with van der Waals surface area (Å²) in [6.07, 6.45) is 0.588. The predicted molar refractivity (Wildman–Crippen MR) is 123 cm³/mol. The van der Waals surface area contributed by atoms with Gasteiger partial charge in [0, 0.05) is 18.0 Å². The third-order valence-corrected chi connectivity index (χ3v) is 6.53. The van der Waals surface area contributed by atoms with Crippen LogP contribution in [0.2, 0.25) is 0 Å². The number of sulfone groups is 1. The van der Waals surface area contributed by atoms with E-state index < -0.39 is 33.9 Å². The topological polar surface area (TPSA) is 72.5 Å². The van der Waals surface area contributed by atoms with E-state index in [0.29, 0.717) is 6.42 Å². The zero-order chi connectivity index (χ0) is 23.7. The van der Waals surface area contributed by atoms with Gasteiger partial charge in [0.1, 0.15) is 11.5 Å². The molecule has 0 spiro atoms. The van der Waals surface area contributed by atoms with Gasteiger partial charge in [-0.2, -0.15) is 8.78 Å². The van der Waals surface area contributed by atoms with Gasteiger partial charge >= 0.3 is 6.61 Å². The van der Waals surface area contributed by atoms with Crippen LogP contribution < -0.4 is 10.1 Å². The van der Waals surface area contributed by atoms with Gasteiger partial charge in [-0.05, 0) is 23.6 Å². The molecular weight excluding hydrogens is 448 g/mol.